The molecule has 0 aliphatic rings. The number of aliphatic imine (C=N–C) groups is 1. The van der Waals surface area contributed by atoms with E-state index in [1.807, 2.05) is 26.1 Å². The second-order valence-corrected chi connectivity index (χ2v) is 4.33. The topological polar surface area (TPSA) is 12.4 Å². The first-order valence-electron chi connectivity index (χ1n) is 5.25. The summed E-state index contributed by atoms with van der Waals surface area (Å²) in [5.41, 5.74) is 2.40. The number of thiophene rings is 1. The predicted molar refractivity (Wildman–Crippen MR) is 77.3 cm³/mol. The number of hydrogen-bond acceptors (Lipinski definition) is 2. The maximum atomic E-state index is 4.08. The van der Waals surface area contributed by atoms with Crippen LogP contribution < -0.4 is 0 Å². The summed E-state index contributed by atoms with van der Waals surface area (Å²) in [4.78, 5) is 6.50. The van der Waals surface area contributed by atoms with Gasteiger partial charge in [0.15, 0.2) is 0 Å². The van der Waals surface area contributed by atoms with Crippen LogP contribution in [0.4, 0.5) is 0 Å². The smallest absolute Gasteiger partial charge is 0.0533 e. The zero-order valence-corrected chi connectivity index (χ0v) is 10.8. The Hall–Kier alpha value is -1.41. The Morgan fingerprint density at radius 2 is 1.75 bits per heavy atom. The third kappa shape index (κ3) is 2.58. The van der Waals surface area contributed by atoms with Crippen molar-refractivity contribution in [3.63, 3.8) is 0 Å². The van der Waals surface area contributed by atoms with E-state index >= 15 is 0 Å². The van der Waals surface area contributed by atoms with Crippen LogP contribution in [0.1, 0.15) is 34.7 Å². The number of hydrogen-bond donors (Lipinski definition) is 0. The molecular formula is C14H17NS. The third-order valence-electron chi connectivity index (χ3n) is 2.14. The van der Waals surface area contributed by atoms with Gasteiger partial charge in [-0.25, -0.2) is 0 Å². The van der Waals surface area contributed by atoms with Crippen molar-refractivity contribution in [1.82, 2.24) is 0 Å². The van der Waals surface area contributed by atoms with Gasteiger partial charge in [-0.05, 0) is 19.9 Å². The van der Waals surface area contributed by atoms with Gasteiger partial charge in [-0.2, -0.15) is 0 Å². The van der Waals surface area contributed by atoms with Crippen LogP contribution in [0.3, 0.4) is 0 Å². The fraction of sp³-hybridized carbons (Fsp3) is 0.214. The van der Waals surface area contributed by atoms with Gasteiger partial charge in [-0.3, -0.25) is 4.99 Å². The van der Waals surface area contributed by atoms with Gasteiger partial charge in [-0.15, -0.1) is 11.3 Å². The molecule has 0 aliphatic heterocycles. The lowest BCUT2D eigenvalue weighted by Gasteiger charge is -1.95. The lowest BCUT2D eigenvalue weighted by atomic mass is 10.1. The van der Waals surface area contributed by atoms with E-state index in [4.69, 9.17) is 0 Å². The standard InChI is InChI=1S/C14H17NS/c1-5-8-12-11(7-3)14(10-15-4)16-13(12)9-6-2/h5-10H,3H2,1-2,4H3/b8-5-,9-6-,15-10-. The Kier molecular flexibility index (Phi) is 4.93. The molecule has 0 aromatic carbocycles. The van der Waals surface area contributed by atoms with Gasteiger partial charge in [0.1, 0.15) is 0 Å². The van der Waals surface area contributed by atoms with Crippen LogP contribution in [0.25, 0.3) is 18.2 Å². The molecular weight excluding hydrogens is 214 g/mol. The van der Waals surface area contributed by atoms with Crippen LogP contribution in [0.15, 0.2) is 23.7 Å². The molecule has 0 amide bonds. The highest BCUT2D eigenvalue weighted by Crippen LogP contribution is 2.31. The van der Waals surface area contributed by atoms with E-state index in [9.17, 15) is 0 Å². The van der Waals surface area contributed by atoms with Crippen molar-refractivity contribution in [3.05, 3.63) is 39.6 Å². The molecule has 84 valence electrons. The summed E-state index contributed by atoms with van der Waals surface area (Å²) in [5.74, 6) is 0. The van der Waals surface area contributed by atoms with Gasteiger partial charge in [-0.1, -0.05) is 30.9 Å². The maximum absolute atomic E-state index is 4.08. The number of nitrogens with zero attached hydrogens (tertiary/aromatic N) is 1. The van der Waals surface area contributed by atoms with Crippen LogP contribution in [0, 0.1) is 0 Å². The van der Waals surface area contributed by atoms with Crippen LogP contribution in [0.2, 0.25) is 0 Å². The van der Waals surface area contributed by atoms with Crippen molar-refractivity contribution >= 4 is 35.8 Å². The van der Waals surface area contributed by atoms with Crippen molar-refractivity contribution in [2.24, 2.45) is 4.99 Å². The first kappa shape index (κ1) is 12.7. The van der Waals surface area contributed by atoms with Crippen molar-refractivity contribution in [1.29, 1.82) is 0 Å². The van der Waals surface area contributed by atoms with Crippen molar-refractivity contribution in [2.45, 2.75) is 13.8 Å². The molecule has 16 heavy (non-hydrogen) atoms. The average molecular weight is 231 g/mol. The Morgan fingerprint density at radius 1 is 1.06 bits per heavy atom. The summed E-state index contributed by atoms with van der Waals surface area (Å²) in [6, 6.07) is 0. The van der Waals surface area contributed by atoms with Gasteiger partial charge in [0.25, 0.3) is 0 Å². The quantitative estimate of drug-likeness (QED) is 0.676. The molecule has 0 spiro atoms. The van der Waals surface area contributed by atoms with E-state index in [1.165, 1.54) is 20.9 Å². The summed E-state index contributed by atoms with van der Waals surface area (Å²) in [6.07, 6.45) is 12.1. The Labute approximate surface area is 102 Å². The summed E-state index contributed by atoms with van der Waals surface area (Å²) >= 11 is 1.74. The summed E-state index contributed by atoms with van der Waals surface area (Å²) in [5, 5.41) is 0. The molecule has 1 aromatic rings. The fourth-order valence-corrected chi connectivity index (χ4v) is 2.72. The molecule has 1 aromatic heterocycles. The molecule has 2 heteroatoms. The van der Waals surface area contributed by atoms with Crippen LogP contribution in [-0.4, -0.2) is 13.3 Å². The minimum absolute atomic E-state index is 1.17. The molecule has 1 nitrogen and oxygen atoms in total. The van der Waals surface area contributed by atoms with Crippen molar-refractivity contribution in [2.75, 3.05) is 7.05 Å². The normalized spacial score (nSPS) is 12.2. The van der Waals surface area contributed by atoms with Gasteiger partial charge in [0.05, 0.1) is 4.88 Å². The highest BCUT2D eigenvalue weighted by molar-refractivity contribution is 7.15. The molecule has 0 fully saturated rings. The second kappa shape index (κ2) is 6.23. The minimum Gasteiger partial charge on any atom is -0.295 e. The van der Waals surface area contributed by atoms with E-state index in [1.54, 1.807) is 18.4 Å². The van der Waals surface area contributed by atoms with Crippen molar-refractivity contribution < 1.29 is 0 Å². The molecule has 0 radical (unpaired) electrons. The highest BCUT2D eigenvalue weighted by atomic mass is 32.1. The predicted octanol–water partition coefficient (Wildman–Crippen LogP) is 4.51. The minimum atomic E-state index is 1.17. The van der Waals surface area contributed by atoms with Crippen LogP contribution in [-0.2, 0) is 0 Å². The van der Waals surface area contributed by atoms with Crippen LogP contribution >= 0.6 is 11.3 Å². The Bertz CT molecular complexity index is 448. The zero-order valence-electron chi connectivity index (χ0n) is 10.0. The summed E-state index contributed by atoms with van der Waals surface area (Å²) in [7, 11) is 1.79. The first-order valence-corrected chi connectivity index (χ1v) is 6.06. The van der Waals surface area contributed by atoms with Gasteiger partial charge in [0.2, 0.25) is 0 Å². The zero-order chi connectivity index (χ0) is 12.0. The fourth-order valence-electron chi connectivity index (χ4n) is 1.53. The van der Waals surface area contributed by atoms with Gasteiger partial charge < -0.3 is 0 Å². The average Bonchev–Trinajstić information content (AvgIpc) is 2.58. The van der Waals surface area contributed by atoms with Crippen LogP contribution in [0.5, 0.6) is 0 Å². The third-order valence-corrected chi connectivity index (χ3v) is 3.26. The second-order valence-electron chi connectivity index (χ2n) is 3.25. The number of rotatable bonds is 4. The summed E-state index contributed by atoms with van der Waals surface area (Å²) in [6.45, 7) is 7.93. The van der Waals surface area contributed by atoms with E-state index in [0.29, 0.717) is 0 Å². The SMILES string of the molecule is C=Cc1c(/C=N\C)sc(/C=C\C)c1/C=C\C. The van der Waals surface area contributed by atoms with Gasteiger partial charge >= 0.3 is 0 Å². The van der Waals surface area contributed by atoms with E-state index < -0.39 is 0 Å². The summed E-state index contributed by atoms with van der Waals surface area (Å²) < 4.78 is 0. The largest absolute Gasteiger partial charge is 0.295 e. The van der Waals surface area contributed by atoms with E-state index in [0.717, 1.165) is 0 Å². The molecule has 0 saturated heterocycles. The molecule has 0 atom stereocenters. The molecule has 1 rings (SSSR count). The van der Waals surface area contributed by atoms with Gasteiger partial charge in [0, 0.05) is 29.3 Å². The van der Waals surface area contributed by atoms with E-state index in [2.05, 4.69) is 35.9 Å². The molecule has 0 unspecified atom stereocenters. The Balaban J connectivity index is 3.44. The molecule has 1 heterocycles. The first-order chi connectivity index (χ1) is 7.78. The maximum Gasteiger partial charge on any atom is 0.0533 e. The lowest BCUT2D eigenvalue weighted by Crippen LogP contribution is -1.81. The number of allylic oxidation sites excluding steroid dienone is 2. The van der Waals surface area contributed by atoms with E-state index in [-0.39, 0.29) is 0 Å². The van der Waals surface area contributed by atoms with Crippen molar-refractivity contribution in [3.8, 4) is 0 Å². The molecule has 0 saturated carbocycles. The lowest BCUT2D eigenvalue weighted by molar-refractivity contribution is 1.47. The monoisotopic (exact) mass is 231 g/mol. The Morgan fingerprint density at radius 3 is 2.25 bits per heavy atom. The molecule has 0 aliphatic carbocycles. The molecule has 0 N–H and O–H groups in total. The highest BCUT2D eigenvalue weighted by Gasteiger charge is 2.10. The molecule has 0 bridgehead atoms.